The van der Waals surface area contributed by atoms with Gasteiger partial charge in [-0.05, 0) is 73.9 Å². The molecule has 0 spiro atoms. The van der Waals surface area contributed by atoms with Gasteiger partial charge < -0.3 is 15.7 Å². The number of aromatic nitrogens is 2. The van der Waals surface area contributed by atoms with E-state index in [0.717, 1.165) is 29.8 Å². The minimum Gasteiger partial charge on any atom is -0.507 e. The van der Waals surface area contributed by atoms with Crippen LogP contribution in [0.15, 0.2) is 66.7 Å². The van der Waals surface area contributed by atoms with Gasteiger partial charge in [-0.15, -0.1) is 0 Å². The Kier molecular flexibility index (Phi) is 6.49. The van der Waals surface area contributed by atoms with Crippen LogP contribution in [0.3, 0.4) is 0 Å². The predicted octanol–water partition coefficient (Wildman–Crippen LogP) is 4.84. The lowest BCUT2D eigenvalue weighted by Gasteiger charge is -2.19. The minimum atomic E-state index is -0.542. The van der Waals surface area contributed by atoms with Gasteiger partial charge in [-0.2, -0.15) is 0 Å². The summed E-state index contributed by atoms with van der Waals surface area (Å²) in [6.45, 7) is 4.12. The Hall–Kier alpha value is -4.00. The number of nitrogens with two attached hydrogens (primary N) is 1. The Morgan fingerprint density at radius 3 is 2.36 bits per heavy atom. The van der Waals surface area contributed by atoms with E-state index in [0.29, 0.717) is 17.0 Å². The smallest absolute Gasteiger partial charge is 0.248 e. The van der Waals surface area contributed by atoms with Crippen molar-refractivity contribution in [3.05, 3.63) is 83.7 Å². The molecule has 1 aromatic heterocycles. The number of primary amides is 1. The number of fused-ring (bicyclic) bond motifs is 1. The number of phenols is 1. The van der Waals surface area contributed by atoms with Gasteiger partial charge in [0.05, 0.1) is 11.1 Å². The molecule has 1 aliphatic heterocycles. The van der Waals surface area contributed by atoms with Crippen LogP contribution in [0.4, 0.5) is 10.2 Å². The number of aryl methyl sites for hydroxylation is 1. The van der Waals surface area contributed by atoms with Gasteiger partial charge in [-0.3, -0.25) is 4.79 Å². The number of para-hydroxylation sites is 1. The summed E-state index contributed by atoms with van der Waals surface area (Å²) in [5.74, 6) is 0.866. The van der Waals surface area contributed by atoms with Gasteiger partial charge in [0, 0.05) is 24.0 Å². The van der Waals surface area contributed by atoms with E-state index in [1.807, 2.05) is 18.2 Å². The van der Waals surface area contributed by atoms with Crippen molar-refractivity contribution >= 4 is 22.6 Å². The number of carbonyl (C=O) groups is 1. The summed E-state index contributed by atoms with van der Waals surface area (Å²) in [6, 6.07) is 18.6. The first-order valence-corrected chi connectivity index (χ1v) is 10.8. The molecule has 1 fully saturated rings. The van der Waals surface area contributed by atoms with E-state index in [9.17, 15) is 14.3 Å². The van der Waals surface area contributed by atoms with Gasteiger partial charge >= 0.3 is 0 Å². The summed E-state index contributed by atoms with van der Waals surface area (Å²) in [6.07, 6.45) is 2.40. The Morgan fingerprint density at radius 2 is 1.70 bits per heavy atom. The second-order valence-electron chi connectivity index (χ2n) is 7.97. The normalized spacial score (nSPS) is 13.0. The maximum atomic E-state index is 12.2. The fraction of sp³-hybridized carbons (Fsp3) is 0.192. The summed E-state index contributed by atoms with van der Waals surface area (Å²) in [5.41, 5.74) is 8.00. The van der Waals surface area contributed by atoms with E-state index < -0.39 is 5.91 Å². The van der Waals surface area contributed by atoms with Gasteiger partial charge in [-0.25, -0.2) is 14.4 Å². The highest BCUT2D eigenvalue weighted by Crippen LogP contribution is 2.33. The summed E-state index contributed by atoms with van der Waals surface area (Å²) < 4.78 is 12.2. The molecule has 0 bridgehead atoms. The molecule has 1 amide bonds. The van der Waals surface area contributed by atoms with Crippen molar-refractivity contribution in [2.45, 2.75) is 19.8 Å². The van der Waals surface area contributed by atoms with Crippen LogP contribution in [-0.4, -0.2) is 34.1 Å². The lowest BCUT2D eigenvalue weighted by molar-refractivity contribution is 0.1000. The van der Waals surface area contributed by atoms with Crippen LogP contribution in [0.5, 0.6) is 5.75 Å². The zero-order valence-electron chi connectivity index (χ0n) is 18.3. The molecule has 2 heterocycles. The van der Waals surface area contributed by atoms with Gasteiger partial charge in [0.25, 0.3) is 0 Å². The monoisotopic (exact) mass is 444 g/mol. The number of aromatic hydroxyl groups is 1. The van der Waals surface area contributed by atoms with Crippen molar-refractivity contribution in [2.75, 3.05) is 18.0 Å². The summed E-state index contributed by atoms with van der Waals surface area (Å²) in [4.78, 5) is 22.2. The van der Waals surface area contributed by atoms with Gasteiger partial charge in [0.2, 0.25) is 5.91 Å². The minimum absolute atomic E-state index is 0.215. The number of hydrogen-bond donors (Lipinski definition) is 2. The summed E-state index contributed by atoms with van der Waals surface area (Å²) >= 11 is 0. The van der Waals surface area contributed by atoms with E-state index in [1.54, 1.807) is 6.07 Å². The van der Waals surface area contributed by atoms with Crippen molar-refractivity contribution in [2.24, 2.45) is 5.73 Å². The van der Waals surface area contributed by atoms with Crippen molar-refractivity contribution in [1.82, 2.24) is 9.97 Å². The number of hydrogen-bond acceptors (Lipinski definition) is 5. The van der Waals surface area contributed by atoms with Crippen LogP contribution < -0.4 is 10.6 Å². The first-order valence-electron chi connectivity index (χ1n) is 10.8. The quantitative estimate of drug-likeness (QED) is 0.472. The molecule has 0 atom stereocenters. The van der Waals surface area contributed by atoms with Gasteiger partial charge in [-0.1, -0.05) is 18.2 Å². The van der Waals surface area contributed by atoms with E-state index in [1.165, 1.54) is 42.7 Å². The van der Waals surface area contributed by atoms with Crippen LogP contribution in [0.25, 0.3) is 22.3 Å². The average Bonchev–Trinajstić information content (AvgIpc) is 3.34. The molecule has 0 radical (unpaired) electrons. The molecule has 1 saturated heterocycles. The molecule has 33 heavy (non-hydrogen) atoms. The molecule has 0 aliphatic carbocycles. The number of benzene rings is 3. The van der Waals surface area contributed by atoms with Gasteiger partial charge in [0.15, 0.2) is 5.82 Å². The Bertz CT molecular complexity index is 1290. The van der Waals surface area contributed by atoms with Crippen molar-refractivity contribution in [1.29, 1.82) is 0 Å². The molecular weight excluding hydrogens is 419 g/mol. The first kappa shape index (κ1) is 22.2. The van der Waals surface area contributed by atoms with Crippen molar-refractivity contribution < 1.29 is 14.3 Å². The van der Waals surface area contributed by atoms with Crippen molar-refractivity contribution in [3.8, 4) is 17.1 Å². The highest BCUT2D eigenvalue weighted by atomic mass is 19.1. The maximum Gasteiger partial charge on any atom is 0.248 e. The van der Waals surface area contributed by atoms with Crippen molar-refractivity contribution in [3.63, 3.8) is 0 Å². The number of carbonyl (C=O) groups excluding carboxylic acids is 1. The Labute approximate surface area is 191 Å². The molecular formula is C26H25FN4O2. The molecule has 0 unspecified atom stereocenters. The van der Waals surface area contributed by atoms with E-state index in [-0.39, 0.29) is 11.6 Å². The molecule has 0 saturated carbocycles. The second kappa shape index (κ2) is 9.65. The lowest BCUT2D eigenvalue weighted by Crippen LogP contribution is -2.20. The highest BCUT2D eigenvalue weighted by Gasteiger charge is 2.19. The maximum absolute atomic E-state index is 12.2. The Balaban J connectivity index is 0.000000219. The Morgan fingerprint density at radius 1 is 1.00 bits per heavy atom. The lowest BCUT2D eigenvalue weighted by atomic mass is 10.1. The summed E-state index contributed by atoms with van der Waals surface area (Å²) in [7, 11) is 0. The van der Waals surface area contributed by atoms with Crippen LogP contribution in [0.1, 0.15) is 28.8 Å². The first-order chi connectivity index (χ1) is 15.9. The molecule has 7 heteroatoms. The number of rotatable bonds is 3. The third-order valence-electron chi connectivity index (χ3n) is 5.51. The standard InChI is InChI=1S/C19H19N3O.C7H6FNO/c1-13-8-9-14-16(12-13)20-18(15-6-2-3-7-17(15)23)21-19(14)22-10-4-5-11-22;8-6-3-1-5(2-4-6)7(9)10/h2-3,6-9,12,23H,4-5,10-11H2,1H3;1-4H,(H2,9,10). The SMILES string of the molecule is Cc1ccc2c(N3CCCC3)nc(-c3ccccc3O)nc2c1.NC(=O)c1ccc(F)cc1. The molecule has 5 rings (SSSR count). The zero-order valence-corrected chi connectivity index (χ0v) is 18.3. The number of amides is 1. The molecule has 4 aromatic rings. The van der Waals surface area contributed by atoms with E-state index in [2.05, 4.69) is 30.0 Å². The molecule has 3 N–H and O–H groups in total. The van der Waals surface area contributed by atoms with Crippen LogP contribution >= 0.6 is 0 Å². The second-order valence-corrected chi connectivity index (χ2v) is 7.97. The molecule has 1 aliphatic rings. The number of anilines is 1. The summed E-state index contributed by atoms with van der Waals surface area (Å²) in [5, 5.41) is 11.2. The highest BCUT2D eigenvalue weighted by molar-refractivity contribution is 5.93. The average molecular weight is 445 g/mol. The molecule has 168 valence electrons. The number of phenolic OH excluding ortho intramolecular Hbond substituents is 1. The van der Waals surface area contributed by atoms with Gasteiger partial charge in [0.1, 0.15) is 17.4 Å². The molecule has 3 aromatic carbocycles. The van der Waals surface area contributed by atoms with Crippen LogP contribution in [0.2, 0.25) is 0 Å². The van der Waals surface area contributed by atoms with E-state index in [4.69, 9.17) is 15.7 Å². The van der Waals surface area contributed by atoms with E-state index >= 15 is 0 Å². The van der Waals surface area contributed by atoms with Crippen LogP contribution in [0, 0.1) is 12.7 Å². The number of nitrogens with zero attached hydrogens (tertiary/aromatic N) is 3. The number of halogens is 1. The fourth-order valence-electron chi connectivity index (χ4n) is 3.79. The third-order valence-corrected chi connectivity index (χ3v) is 5.51. The topological polar surface area (TPSA) is 92.3 Å². The molecule has 6 nitrogen and oxygen atoms in total. The largest absolute Gasteiger partial charge is 0.507 e. The van der Waals surface area contributed by atoms with Crippen LogP contribution in [-0.2, 0) is 0 Å². The predicted molar refractivity (Wildman–Crippen MR) is 128 cm³/mol. The zero-order chi connectivity index (χ0) is 23.4. The fourth-order valence-corrected chi connectivity index (χ4v) is 3.79. The third kappa shape index (κ3) is 5.09.